The molecule has 2 rings (SSSR count). The summed E-state index contributed by atoms with van der Waals surface area (Å²) < 4.78 is 29.1. The number of hydrogen-bond donors (Lipinski definition) is 2. The van der Waals surface area contributed by atoms with Gasteiger partial charge in [0, 0.05) is 6.42 Å². The maximum atomic E-state index is 12.7. The van der Waals surface area contributed by atoms with E-state index in [0.29, 0.717) is 6.42 Å². The Kier molecular flexibility index (Phi) is 19.0. The average molecular weight is 675 g/mol. The Labute approximate surface area is 279 Å². The van der Waals surface area contributed by atoms with E-state index in [1.54, 1.807) is 0 Å². The van der Waals surface area contributed by atoms with Crippen LogP contribution in [0, 0.1) is 0 Å². The molecule has 0 bridgehead atoms. The van der Waals surface area contributed by atoms with Crippen LogP contribution in [-0.2, 0) is 23.0 Å². The van der Waals surface area contributed by atoms with Gasteiger partial charge in [-0.05, 0) is 47.5 Å². The molecular formula is C37H59O7PSi. The van der Waals surface area contributed by atoms with Gasteiger partial charge < -0.3 is 18.9 Å². The van der Waals surface area contributed by atoms with Crippen molar-refractivity contribution in [1.82, 2.24) is 0 Å². The number of carbonyl (C=O) groups excluding carboxylic acids is 1. The van der Waals surface area contributed by atoms with Crippen LogP contribution < -0.4 is 10.4 Å². The van der Waals surface area contributed by atoms with Crippen molar-refractivity contribution in [3.05, 3.63) is 72.8 Å². The molecule has 7 nitrogen and oxygen atoms in total. The van der Waals surface area contributed by atoms with Crippen molar-refractivity contribution < 1.29 is 32.8 Å². The van der Waals surface area contributed by atoms with Crippen molar-refractivity contribution in [3.63, 3.8) is 0 Å². The van der Waals surface area contributed by atoms with E-state index in [0.717, 1.165) is 48.9 Å². The molecule has 1 unspecified atom stereocenters. The third kappa shape index (κ3) is 15.2. The van der Waals surface area contributed by atoms with Crippen molar-refractivity contribution in [2.45, 2.75) is 129 Å². The highest BCUT2D eigenvalue weighted by Gasteiger charge is 2.51. The van der Waals surface area contributed by atoms with Crippen LogP contribution in [0.1, 0.15) is 118 Å². The number of ether oxygens (including phenoxy) is 1. The Morgan fingerprint density at radius 1 is 0.761 bits per heavy atom. The molecule has 2 aromatic carbocycles. The third-order valence-corrected chi connectivity index (χ3v) is 13.8. The highest BCUT2D eigenvalue weighted by molar-refractivity contribution is 7.46. The van der Waals surface area contributed by atoms with Gasteiger partial charge in [0.25, 0.3) is 8.32 Å². The van der Waals surface area contributed by atoms with Crippen molar-refractivity contribution >= 4 is 32.5 Å². The molecule has 0 fully saturated rings. The Balaban J connectivity index is 1.89. The fourth-order valence-electron chi connectivity index (χ4n) is 5.84. The third-order valence-electron chi connectivity index (χ3n) is 8.26. The summed E-state index contributed by atoms with van der Waals surface area (Å²) in [7, 11) is -7.85. The molecular weight excluding hydrogens is 615 g/mol. The number of benzene rings is 2. The second-order valence-corrected chi connectivity index (χ2v) is 18.7. The first-order valence-electron chi connectivity index (χ1n) is 17.3. The summed E-state index contributed by atoms with van der Waals surface area (Å²) in [5, 5.41) is 1.65. The van der Waals surface area contributed by atoms with Gasteiger partial charge in [-0.3, -0.25) is 9.32 Å². The second kappa shape index (κ2) is 21.7. The van der Waals surface area contributed by atoms with Gasteiger partial charge in [-0.15, -0.1) is 0 Å². The molecule has 0 aromatic heterocycles. The van der Waals surface area contributed by atoms with E-state index in [1.807, 2.05) is 60.7 Å². The van der Waals surface area contributed by atoms with Gasteiger partial charge in [0.2, 0.25) is 0 Å². The van der Waals surface area contributed by atoms with Crippen LogP contribution in [0.25, 0.3) is 0 Å². The average Bonchev–Trinajstić information content (AvgIpc) is 3.02. The fourth-order valence-corrected chi connectivity index (χ4v) is 10.8. The molecule has 0 heterocycles. The molecule has 0 aliphatic heterocycles. The Bertz CT molecular complexity index is 1120. The van der Waals surface area contributed by atoms with Crippen LogP contribution in [0.4, 0.5) is 0 Å². The van der Waals surface area contributed by atoms with Gasteiger partial charge >= 0.3 is 13.8 Å². The number of phosphoric ester groups is 1. The zero-order chi connectivity index (χ0) is 33.7. The van der Waals surface area contributed by atoms with Crippen LogP contribution in [0.15, 0.2) is 72.8 Å². The lowest BCUT2D eigenvalue weighted by molar-refractivity contribution is -0.146. The summed E-state index contributed by atoms with van der Waals surface area (Å²) in [6.07, 6.45) is 19.4. The standard InChI is InChI=1S/C37H59O7PSi/c1-5-6-7-8-9-10-11-12-13-14-15-16-17-18-25-30-36(38)42-31-33(32-43-45(39,40)41)44-46(37(2,3)4,34-26-21-19-22-27-34)35-28-23-20-24-29-35/h12-13,19-24,26-29,33H,5-11,14-18,25,30-32H2,1-4H3,(H2,39,40,41). The van der Waals surface area contributed by atoms with E-state index < -0.39 is 28.9 Å². The van der Waals surface area contributed by atoms with Crippen LogP contribution in [-0.4, -0.2) is 43.4 Å². The predicted octanol–water partition coefficient (Wildman–Crippen LogP) is 8.62. The number of esters is 1. The first kappa shape index (κ1) is 40.1. The van der Waals surface area contributed by atoms with E-state index in [-0.39, 0.29) is 17.6 Å². The van der Waals surface area contributed by atoms with Crippen LogP contribution >= 0.6 is 7.82 Å². The molecule has 0 saturated heterocycles. The molecule has 258 valence electrons. The molecule has 2 aromatic rings. The van der Waals surface area contributed by atoms with Crippen LogP contribution in [0.2, 0.25) is 5.04 Å². The summed E-state index contributed by atoms with van der Waals surface area (Å²) in [6.45, 7) is 8.01. The molecule has 0 amide bonds. The number of hydrogen-bond acceptors (Lipinski definition) is 5. The maximum Gasteiger partial charge on any atom is 0.469 e. The molecule has 0 spiro atoms. The smallest absolute Gasteiger partial charge is 0.463 e. The van der Waals surface area contributed by atoms with Crippen molar-refractivity contribution in [2.75, 3.05) is 13.2 Å². The van der Waals surface area contributed by atoms with E-state index in [1.165, 1.54) is 44.9 Å². The monoisotopic (exact) mass is 674 g/mol. The Hall–Kier alpha value is -2.06. The fraction of sp³-hybridized carbons (Fsp3) is 0.595. The minimum atomic E-state index is -4.77. The minimum absolute atomic E-state index is 0.158. The highest BCUT2D eigenvalue weighted by atomic mass is 31.2. The lowest BCUT2D eigenvalue weighted by atomic mass is 10.1. The second-order valence-electron chi connectivity index (χ2n) is 13.2. The first-order valence-corrected chi connectivity index (χ1v) is 20.7. The van der Waals surface area contributed by atoms with E-state index in [4.69, 9.17) is 13.7 Å². The molecule has 0 radical (unpaired) electrons. The summed E-state index contributed by atoms with van der Waals surface area (Å²) in [6, 6.07) is 19.9. The normalized spacial score (nSPS) is 13.3. The lowest BCUT2D eigenvalue weighted by Gasteiger charge is -2.45. The first-order chi connectivity index (χ1) is 22.0. The quantitative estimate of drug-likeness (QED) is 0.0378. The molecule has 0 saturated carbocycles. The number of unbranched alkanes of at least 4 members (excludes halogenated alkanes) is 11. The molecule has 46 heavy (non-hydrogen) atoms. The molecule has 9 heteroatoms. The summed E-state index contributed by atoms with van der Waals surface area (Å²) >= 11 is 0. The maximum absolute atomic E-state index is 12.7. The topological polar surface area (TPSA) is 102 Å². The van der Waals surface area contributed by atoms with E-state index in [9.17, 15) is 19.1 Å². The zero-order valence-electron chi connectivity index (χ0n) is 28.7. The van der Waals surface area contributed by atoms with Gasteiger partial charge in [-0.25, -0.2) is 4.57 Å². The van der Waals surface area contributed by atoms with Gasteiger partial charge in [-0.1, -0.05) is 152 Å². The Morgan fingerprint density at radius 3 is 1.72 bits per heavy atom. The van der Waals surface area contributed by atoms with Gasteiger partial charge in [0.1, 0.15) is 12.7 Å². The lowest BCUT2D eigenvalue weighted by Crippen LogP contribution is -2.68. The van der Waals surface area contributed by atoms with Crippen molar-refractivity contribution in [1.29, 1.82) is 0 Å². The zero-order valence-corrected chi connectivity index (χ0v) is 30.6. The molecule has 0 aliphatic rings. The van der Waals surface area contributed by atoms with Crippen molar-refractivity contribution in [2.24, 2.45) is 0 Å². The minimum Gasteiger partial charge on any atom is -0.463 e. The SMILES string of the molecule is CCCCCCCCC=CCCCCCCCC(=O)OCC(COP(=O)(O)O)O[Si](c1ccccc1)(c1ccccc1)C(C)(C)C. The summed E-state index contributed by atoms with van der Waals surface area (Å²) in [5.74, 6) is -0.343. The number of phosphoric acid groups is 1. The number of rotatable bonds is 24. The van der Waals surface area contributed by atoms with Crippen molar-refractivity contribution in [3.8, 4) is 0 Å². The predicted molar refractivity (Wildman–Crippen MR) is 191 cm³/mol. The highest BCUT2D eigenvalue weighted by Crippen LogP contribution is 2.39. The van der Waals surface area contributed by atoms with E-state index >= 15 is 0 Å². The van der Waals surface area contributed by atoms with Crippen LogP contribution in [0.3, 0.4) is 0 Å². The molecule has 0 aliphatic carbocycles. The largest absolute Gasteiger partial charge is 0.469 e. The summed E-state index contributed by atoms with van der Waals surface area (Å²) in [4.78, 5) is 31.7. The van der Waals surface area contributed by atoms with Gasteiger partial charge in [0.15, 0.2) is 0 Å². The van der Waals surface area contributed by atoms with Gasteiger partial charge in [0.05, 0.1) is 6.61 Å². The molecule has 1 atom stereocenters. The number of allylic oxidation sites excluding steroid dienone is 2. The van der Waals surface area contributed by atoms with E-state index in [2.05, 4.69) is 39.8 Å². The van der Waals surface area contributed by atoms with Gasteiger partial charge in [-0.2, -0.15) is 0 Å². The molecule has 2 N–H and O–H groups in total. The Morgan fingerprint density at radius 2 is 1.24 bits per heavy atom. The number of carbonyl (C=O) groups is 1. The van der Waals surface area contributed by atoms with Crippen LogP contribution in [0.5, 0.6) is 0 Å². The summed E-state index contributed by atoms with van der Waals surface area (Å²) in [5.41, 5.74) is 0.